The molecule has 1 amide bonds. The molecule has 0 unspecified atom stereocenters. The summed E-state index contributed by atoms with van der Waals surface area (Å²) in [7, 11) is -3.59. The minimum Gasteiger partial charge on any atom is -0.322 e. The van der Waals surface area contributed by atoms with Gasteiger partial charge in [0.15, 0.2) is 0 Å². The summed E-state index contributed by atoms with van der Waals surface area (Å²) in [6, 6.07) is 10.6. The number of carbonyl (C=O) groups is 1. The number of hydrogen-bond donors (Lipinski definition) is 1. The Morgan fingerprint density at radius 1 is 1.00 bits per heavy atom. The standard InChI is InChI=1S/C22H28N2O3S/c1-15-9-11-24(12-10-15)28(26,27)19-7-6-17(3)20(14-19)22(25)23-21-8-5-16(2)13-18(21)4/h5-8,13-15H,9-12H2,1-4H3,(H,23,25). The summed E-state index contributed by atoms with van der Waals surface area (Å²) in [5.41, 5.74) is 3.95. The molecule has 5 nitrogen and oxygen atoms in total. The summed E-state index contributed by atoms with van der Waals surface area (Å²) in [4.78, 5) is 13.0. The third kappa shape index (κ3) is 4.28. The van der Waals surface area contributed by atoms with Crippen LogP contribution in [0.5, 0.6) is 0 Å². The minimum absolute atomic E-state index is 0.179. The average Bonchev–Trinajstić information content (AvgIpc) is 2.64. The largest absolute Gasteiger partial charge is 0.322 e. The van der Waals surface area contributed by atoms with Gasteiger partial charge in [0, 0.05) is 24.3 Å². The van der Waals surface area contributed by atoms with Gasteiger partial charge in [-0.15, -0.1) is 0 Å². The van der Waals surface area contributed by atoms with E-state index in [2.05, 4.69) is 12.2 Å². The maximum Gasteiger partial charge on any atom is 0.255 e. The van der Waals surface area contributed by atoms with Gasteiger partial charge in [-0.1, -0.05) is 30.7 Å². The quantitative estimate of drug-likeness (QED) is 0.833. The minimum atomic E-state index is -3.59. The summed E-state index contributed by atoms with van der Waals surface area (Å²) >= 11 is 0. The summed E-state index contributed by atoms with van der Waals surface area (Å²) in [6.07, 6.45) is 1.73. The average molecular weight is 401 g/mol. The lowest BCUT2D eigenvalue weighted by Crippen LogP contribution is -2.38. The number of benzene rings is 2. The number of amides is 1. The van der Waals surface area contributed by atoms with Crippen molar-refractivity contribution in [2.45, 2.75) is 45.4 Å². The second-order valence-corrected chi connectivity index (χ2v) is 9.77. The monoisotopic (exact) mass is 400 g/mol. The Labute approximate surface area is 167 Å². The molecule has 3 rings (SSSR count). The molecule has 1 heterocycles. The number of aryl methyl sites for hydroxylation is 3. The molecule has 0 saturated carbocycles. The van der Waals surface area contributed by atoms with Gasteiger partial charge in [0.1, 0.15) is 0 Å². The van der Waals surface area contributed by atoms with E-state index < -0.39 is 10.0 Å². The molecule has 2 aromatic carbocycles. The Balaban J connectivity index is 1.87. The van der Waals surface area contributed by atoms with E-state index in [4.69, 9.17) is 0 Å². The molecule has 0 bridgehead atoms. The van der Waals surface area contributed by atoms with Gasteiger partial charge in [0.2, 0.25) is 10.0 Å². The highest BCUT2D eigenvalue weighted by atomic mass is 32.2. The lowest BCUT2D eigenvalue weighted by atomic mass is 10.0. The molecule has 28 heavy (non-hydrogen) atoms. The Morgan fingerprint density at radius 2 is 1.68 bits per heavy atom. The molecule has 1 aliphatic rings. The van der Waals surface area contributed by atoms with Gasteiger partial charge in [0.25, 0.3) is 5.91 Å². The zero-order valence-corrected chi connectivity index (χ0v) is 17.8. The predicted molar refractivity (Wildman–Crippen MR) is 112 cm³/mol. The van der Waals surface area contributed by atoms with Crippen molar-refractivity contribution in [3.05, 3.63) is 58.7 Å². The van der Waals surface area contributed by atoms with Crippen molar-refractivity contribution in [1.82, 2.24) is 4.31 Å². The lowest BCUT2D eigenvalue weighted by molar-refractivity contribution is 0.102. The van der Waals surface area contributed by atoms with Gasteiger partial charge in [-0.3, -0.25) is 4.79 Å². The number of rotatable bonds is 4. The molecule has 0 radical (unpaired) electrons. The van der Waals surface area contributed by atoms with E-state index >= 15 is 0 Å². The number of nitrogens with one attached hydrogen (secondary N) is 1. The molecular formula is C22H28N2O3S. The number of hydrogen-bond acceptors (Lipinski definition) is 3. The van der Waals surface area contributed by atoms with Crippen LogP contribution in [0, 0.1) is 26.7 Å². The smallest absolute Gasteiger partial charge is 0.255 e. The summed E-state index contributed by atoms with van der Waals surface area (Å²) < 4.78 is 27.6. The van der Waals surface area contributed by atoms with Crippen molar-refractivity contribution in [2.24, 2.45) is 5.92 Å². The Kier molecular flexibility index (Phi) is 5.91. The normalized spacial score (nSPS) is 16.1. The number of sulfonamides is 1. The van der Waals surface area contributed by atoms with Crippen LogP contribution in [0.25, 0.3) is 0 Å². The number of nitrogens with zero attached hydrogens (tertiary/aromatic N) is 1. The second kappa shape index (κ2) is 8.05. The zero-order valence-electron chi connectivity index (χ0n) is 17.0. The van der Waals surface area contributed by atoms with Crippen LogP contribution in [0.3, 0.4) is 0 Å². The Morgan fingerprint density at radius 3 is 2.32 bits per heavy atom. The van der Waals surface area contributed by atoms with Crippen molar-refractivity contribution in [1.29, 1.82) is 0 Å². The van der Waals surface area contributed by atoms with E-state index in [9.17, 15) is 13.2 Å². The topological polar surface area (TPSA) is 66.5 Å². The van der Waals surface area contributed by atoms with Crippen LogP contribution in [-0.2, 0) is 10.0 Å². The van der Waals surface area contributed by atoms with Gasteiger partial charge in [-0.25, -0.2) is 8.42 Å². The van der Waals surface area contributed by atoms with E-state index in [-0.39, 0.29) is 10.8 Å². The van der Waals surface area contributed by atoms with Crippen molar-refractivity contribution < 1.29 is 13.2 Å². The van der Waals surface area contributed by atoms with Crippen molar-refractivity contribution in [2.75, 3.05) is 18.4 Å². The first-order chi connectivity index (χ1) is 13.2. The maximum atomic E-state index is 13.0. The molecule has 0 aliphatic carbocycles. The summed E-state index contributed by atoms with van der Waals surface area (Å²) in [6.45, 7) is 8.95. The van der Waals surface area contributed by atoms with Crippen LogP contribution in [0.4, 0.5) is 5.69 Å². The predicted octanol–water partition coefficient (Wildman–Crippen LogP) is 4.28. The van der Waals surface area contributed by atoms with Crippen LogP contribution in [0.1, 0.15) is 46.8 Å². The number of anilines is 1. The highest BCUT2D eigenvalue weighted by Crippen LogP contribution is 2.25. The highest BCUT2D eigenvalue weighted by Gasteiger charge is 2.29. The molecule has 1 aliphatic heterocycles. The van der Waals surface area contributed by atoms with Crippen molar-refractivity contribution >= 4 is 21.6 Å². The fourth-order valence-corrected chi connectivity index (χ4v) is 5.02. The fraction of sp³-hybridized carbons (Fsp3) is 0.409. The van der Waals surface area contributed by atoms with Crippen molar-refractivity contribution in [3.63, 3.8) is 0 Å². The van der Waals surface area contributed by atoms with Gasteiger partial charge in [-0.05, 0) is 68.9 Å². The second-order valence-electron chi connectivity index (χ2n) is 7.84. The summed E-state index contributed by atoms with van der Waals surface area (Å²) in [5, 5.41) is 2.91. The first-order valence-electron chi connectivity index (χ1n) is 9.68. The van der Waals surface area contributed by atoms with Crippen LogP contribution in [0.15, 0.2) is 41.3 Å². The van der Waals surface area contributed by atoms with Gasteiger partial charge >= 0.3 is 0 Å². The zero-order chi connectivity index (χ0) is 20.5. The number of carbonyl (C=O) groups excluding carboxylic acids is 1. The third-order valence-electron chi connectivity index (χ3n) is 5.46. The van der Waals surface area contributed by atoms with Gasteiger partial charge in [-0.2, -0.15) is 4.31 Å². The first kappa shape index (κ1) is 20.6. The van der Waals surface area contributed by atoms with Crippen LogP contribution < -0.4 is 5.32 Å². The first-order valence-corrected chi connectivity index (χ1v) is 11.1. The van der Waals surface area contributed by atoms with Crippen LogP contribution in [-0.4, -0.2) is 31.7 Å². The molecule has 0 spiro atoms. The number of piperidine rings is 1. The Hall–Kier alpha value is -2.18. The molecule has 150 valence electrons. The molecule has 2 aromatic rings. The molecule has 1 N–H and O–H groups in total. The third-order valence-corrected chi connectivity index (χ3v) is 7.36. The molecule has 1 saturated heterocycles. The fourth-order valence-electron chi connectivity index (χ4n) is 3.52. The van der Waals surface area contributed by atoms with E-state index in [0.717, 1.165) is 35.2 Å². The van der Waals surface area contributed by atoms with E-state index in [1.54, 1.807) is 12.1 Å². The van der Waals surface area contributed by atoms with E-state index in [1.165, 1.54) is 10.4 Å². The van der Waals surface area contributed by atoms with Crippen molar-refractivity contribution in [3.8, 4) is 0 Å². The van der Waals surface area contributed by atoms with Gasteiger partial charge < -0.3 is 5.32 Å². The molecule has 0 atom stereocenters. The highest BCUT2D eigenvalue weighted by molar-refractivity contribution is 7.89. The Bertz CT molecular complexity index is 991. The molecular weight excluding hydrogens is 372 g/mol. The maximum absolute atomic E-state index is 13.0. The molecule has 1 fully saturated rings. The lowest BCUT2D eigenvalue weighted by Gasteiger charge is -2.29. The van der Waals surface area contributed by atoms with E-state index in [0.29, 0.717) is 24.6 Å². The van der Waals surface area contributed by atoms with Crippen LogP contribution in [0.2, 0.25) is 0 Å². The summed E-state index contributed by atoms with van der Waals surface area (Å²) in [5.74, 6) is 0.248. The SMILES string of the molecule is Cc1ccc(NC(=O)c2cc(S(=O)(=O)N3CCC(C)CC3)ccc2C)c(C)c1. The molecule has 0 aromatic heterocycles. The van der Waals surface area contributed by atoms with Crippen LogP contribution >= 0.6 is 0 Å². The molecule has 6 heteroatoms. The van der Waals surface area contributed by atoms with E-state index in [1.807, 2.05) is 39.0 Å². The van der Waals surface area contributed by atoms with Gasteiger partial charge in [0.05, 0.1) is 4.90 Å².